The third-order valence-corrected chi connectivity index (χ3v) is 2.15. The van der Waals surface area contributed by atoms with Crippen molar-refractivity contribution < 1.29 is 9.90 Å². The molecule has 0 aliphatic carbocycles. The second kappa shape index (κ2) is 4.44. The quantitative estimate of drug-likeness (QED) is 0.853. The van der Waals surface area contributed by atoms with Gasteiger partial charge in [0.15, 0.2) is 17.2 Å². The topological polar surface area (TPSA) is 80.4 Å². The Balaban J connectivity index is 0.00000128. The summed E-state index contributed by atoms with van der Waals surface area (Å²) >= 11 is 0. The molecule has 0 fully saturated rings. The first kappa shape index (κ1) is 12.4. The van der Waals surface area contributed by atoms with E-state index in [0.717, 1.165) is 5.56 Å². The number of carboxylic acids is 1. The van der Waals surface area contributed by atoms with Gasteiger partial charge >= 0.3 is 5.97 Å². The second-order valence-corrected chi connectivity index (χ2v) is 3.22. The van der Waals surface area contributed by atoms with Gasteiger partial charge in [0.25, 0.3) is 0 Å². The first-order valence-corrected chi connectivity index (χ1v) is 4.58. The molecule has 2 aromatic rings. The summed E-state index contributed by atoms with van der Waals surface area (Å²) in [6.45, 7) is 3.71. The normalized spacial score (nSPS) is 10.1. The van der Waals surface area contributed by atoms with E-state index in [0.29, 0.717) is 17.9 Å². The van der Waals surface area contributed by atoms with Crippen molar-refractivity contribution in [2.24, 2.45) is 0 Å². The molecule has 7 heteroatoms. The second-order valence-electron chi connectivity index (χ2n) is 3.22. The third kappa shape index (κ3) is 1.83. The highest BCUT2D eigenvalue weighted by molar-refractivity contribution is 5.86. The molecule has 0 radical (unpaired) electrons. The van der Waals surface area contributed by atoms with E-state index >= 15 is 0 Å². The van der Waals surface area contributed by atoms with Crippen LogP contribution in [0.3, 0.4) is 0 Å². The highest BCUT2D eigenvalue weighted by Crippen LogP contribution is 2.09. The molecule has 2 aromatic heterocycles. The van der Waals surface area contributed by atoms with Crippen molar-refractivity contribution in [2.45, 2.75) is 20.3 Å². The van der Waals surface area contributed by atoms with Crippen molar-refractivity contribution in [3.8, 4) is 0 Å². The highest BCUT2D eigenvalue weighted by atomic mass is 35.5. The minimum atomic E-state index is -1.05. The number of aromatic carboxylic acids is 1. The van der Waals surface area contributed by atoms with Gasteiger partial charge in [-0.05, 0) is 18.6 Å². The predicted octanol–water partition coefficient (Wildman–Crippen LogP) is 1.12. The van der Waals surface area contributed by atoms with Gasteiger partial charge in [-0.15, -0.1) is 22.6 Å². The van der Waals surface area contributed by atoms with Gasteiger partial charge < -0.3 is 5.11 Å². The molecular formula is C9H11ClN4O2. The van der Waals surface area contributed by atoms with E-state index in [4.69, 9.17) is 5.11 Å². The number of carboxylic acid groups (broad SMARTS) is 1. The molecule has 0 amide bonds. The van der Waals surface area contributed by atoms with Crippen LogP contribution in [0.4, 0.5) is 0 Å². The van der Waals surface area contributed by atoms with Crippen LogP contribution in [0.2, 0.25) is 0 Å². The van der Waals surface area contributed by atoms with Crippen LogP contribution < -0.4 is 0 Å². The van der Waals surface area contributed by atoms with Gasteiger partial charge in [-0.1, -0.05) is 6.92 Å². The van der Waals surface area contributed by atoms with Gasteiger partial charge in [0.1, 0.15) is 0 Å². The number of hydrogen-bond donors (Lipinski definition) is 1. The molecule has 0 bridgehead atoms. The molecular weight excluding hydrogens is 232 g/mol. The van der Waals surface area contributed by atoms with Crippen LogP contribution in [-0.4, -0.2) is 30.9 Å². The maximum absolute atomic E-state index is 10.8. The standard InChI is InChI=1S/C9H10N4O2.ClH/c1-3-7-10-11-8-5(2)4-6(9(14)15)12-13(7)8;/h4H,3H2,1-2H3,(H,14,15);1H. The Morgan fingerprint density at radius 1 is 1.50 bits per heavy atom. The maximum Gasteiger partial charge on any atom is 0.356 e. The maximum atomic E-state index is 10.8. The number of nitrogens with zero attached hydrogens (tertiary/aromatic N) is 4. The van der Waals surface area contributed by atoms with E-state index in [-0.39, 0.29) is 18.1 Å². The number of carbonyl (C=O) groups is 1. The fourth-order valence-corrected chi connectivity index (χ4v) is 1.39. The van der Waals surface area contributed by atoms with Crippen LogP contribution in [0.5, 0.6) is 0 Å². The zero-order valence-electron chi connectivity index (χ0n) is 8.84. The molecule has 0 saturated heterocycles. The van der Waals surface area contributed by atoms with Gasteiger partial charge in [-0.2, -0.15) is 9.61 Å². The number of rotatable bonds is 2. The molecule has 6 nitrogen and oxygen atoms in total. The first-order chi connectivity index (χ1) is 7.13. The molecule has 0 aliphatic rings. The monoisotopic (exact) mass is 242 g/mol. The van der Waals surface area contributed by atoms with E-state index in [2.05, 4.69) is 15.3 Å². The van der Waals surface area contributed by atoms with E-state index in [1.54, 1.807) is 6.92 Å². The first-order valence-electron chi connectivity index (χ1n) is 4.58. The molecule has 86 valence electrons. The van der Waals surface area contributed by atoms with Crippen molar-refractivity contribution in [3.05, 3.63) is 23.1 Å². The Hall–Kier alpha value is -1.69. The smallest absolute Gasteiger partial charge is 0.356 e. The SMILES string of the molecule is CCc1nnc2c(C)cc(C(=O)O)nn12.Cl. The minimum absolute atomic E-state index is 0. The molecule has 0 aliphatic heterocycles. The molecule has 0 spiro atoms. The van der Waals surface area contributed by atoms with Crippen LogP contribution in [0.25, 0.3) is 5.65 Å². The Labute approximate surface area is 97.7 Å². The van der Waals surface area contributed by atoms with E-state index in [1.807, 2.05) is 6.92 Å². The van der Waals surface area contributed by atoms with Crippen LogP contribution in [0, 0.1) is 6.92 Å². The molecule has 0 aromatic carbocycles. The summed E-state index contributed by atoms with van der Waals surface area (Å²) in [6, 6.07) is 1.49. The van der Waals surface area contributed by atoms with Crippen molar-refractivity contribution in [1.82, 2.24) is 19.8 Å². The number of hydrogen-bond acceptors (Lipinski definition) is 4. The van der Waals surface area contributed by atoms with E-state index in [9.17, 15) is 4.79 Å². The third-order valence-electron chi connectivity index (χ3n) is 2.15. The van der Waals surface area contributed by atoms with E-state index < -0.39 is 5.97 Å². The summed E-state index contributed by atoms with van der Waals surface area (Å²) in [7, 11) is 0. The minimum Gasteiger partial charge on any atom is -0.476 e. The summed E-state index contributed by atoms with van der Waals surface area (Å²) in [5, 5.41) is 20.7. The number of fused-ring (bicyclic) bond motifs is 1. The predicted molar refractivity (Wildman–Crippen MR) is 59.1 cm³/mol. The molecule has 0 atom stereocenters. The van der Waals surface area contributed by atoms with Crippen molar-refractivity contribution >= 4 is 24.0 Å². The van der Waals surface area contributed by atoms with Crippen molar-refractivity contribution in [1.29, 1.82) is 0 Å². The van der Waals surface area contributed by atoms with Crippen molar-refractivity contribution in [3.63, 3.8) is 0 Å². The summed E-state index contributed by atoms with van der Waals surface area (Å²) < 4.78 is 1.48. The average Bonchev–Trinajstić information content (AvgIpc) is 2.60. The molecule has 16 heavy (non-hydrogen) atoms. The molecule has 0 saturated carbocycles. The zero-order chi connectivity index (χ0) is 11.0. The Kier molecular flexibility index (Phi) is 3.44. The lowest BCUT2D eigenvalue weighted by Crippen LogP contribution is -2.07. The van der Waals surface area contributed by atoms with Crippen LogP contribution >= 0.6 is 12.4 Å². The summed E-state index contributed by atoms with van der Waals surface area (Å²) in [6.07, 6.45) is 0.663. The lowest BCUT2D eigenvalue weighted by molar-refractivity contribution is 0.0688. The highest BCUT2D eigenvalue weighted by Gasteiger charge is 2.12. The Morgan fingerprint density at radius 2 is 2.19 bits per heavy atom. The lowest BCUT2D eigenvalue weighted by Gasteiger charge is -2.00. The number of aryl methyl sites for hydroxylation is 2. The van der Waals surface area contributed by atoms with Crippen LogP contribution in [0.15, 0.2) is 6.07 Å². The fraction of sp³-hybridized carbons (Fsp3) is 0.333. The zero-order valence-corrected chi connectivity index (χ0v) is 9.65. The number of halogens is 1. The summed E-state index contributed by atoms with van der Waals surface area (Å²) in [5.74, 6) is -0.382. The Bertz CT molecular complexity index is 538. The molecule has 1 N–H and O–H groups in total. The molecule has 2 heterocycles. The fourth-order valence-electron chi connectivity index (χ4n) is 1.39. The van der Waals surface area contributed by atoms with Gasteiger partial charge in [0, 0.05) is 6.42 Å². The average molecular weight is 243 g/mol. The largest absolute Gasteiger partial charge is 0.476 e. The van der Waals surface area contributed by atoms with Gasteiger partial charge in [0.05, 0.1) is 0 Å². The lowest BCUT2D eigenvalue weighted by atomic mass is 10.3. The van der Waals surface area contributed by atoms with Gasteiger partial charge in [-0.25, -0.2) is 4.79 Å². The molecule has 0 unspecified atom stereocenters. The van der Waals surface area contributed by atoms with Crippen LogP contribution in [-0.2, 0) is 6.42 Å². The Morgan fingerprint density at radius 3 is 2.75 bits per heavy atom. The number of aromatic nitrogens is 4. The van der Waals surface area contributed by atoms with Crippen molar-refractivity contribution in [2.75, 3.05) is 0 Å². The van der Waals surface area contributed by atoms with Gasteiger partial charge in [0.2, 0.25) is 0 Å². The molecule has 2 rings (SSSR count). The summed E-state index contributed by atoms with van der Waals surface area (Å²) in [4.78, 5) is 10.8. The van der Waals surface area contributed by atoms with Crippen LogP contribution in [0.1, 0.15) is 28.8 Å². The summed E-state index contributed by atoms with van der Waals surface area (Å²) in [5.41, 5.74) is 1.38. The van der Waals surface area contributed by atoms with E-state index in [1.165, 1.54) is 10.6 Å². The van der Waals surface area contributed by atoms with Gasteiger partial charge in [-0.3, -0.25) is 0 Å².